The molecule has 1 aromatic rings. The molecule has 0 saturated heterocycles. The zero-order chi connectivity index (χ0) is 19.5. The van der Waals surface area contributed by atoms with Gasteiger partial charge < -0.3 is 10.5 Å². The molecule has 12 heteroatoms. The third kappa shape index (κ3) is 4.95. The monoisotopic (exact) mass is 393 g/mol. The second kappa shape index (κ2) is 7.33. The highest BCUT2D eigenvalue weighted by atomic mass is 32.2. The molecule has 1 heterocycles. The first-order valence-electron chi connectivity index (χ1n) is 7.07. The number of rotatable bonds is 5. The fourth-order valence-electron chi connectivity index (χ4n) is 2.19. The normalized spacial score (nSPS) is 14.5. The molecule has 0 saturated carbocycles. The van der Waals surface area contributed by atoms with Crippen LogP contribution >= 0.6 is 0 Å². The number of nitrogens with one attached hydrogen (secondary N) is 2. The highest BCUT2D eigenvalue weighted by Gasteiger charge is 2.36. The summed E-state index contributed by atoms with van der Waals surface area (Å²) in [5.74, 6) is -3.14. The number of Topliss-reactive ketones (excluding diaryl/α,β-unsaturated/α-hetero) is 1. The summed E-state index contributed by atoms with van der Waals surface area (Å²) < 4.78 is 71.7. The molecule has 0 unspecified atom stereocenters. The predicted molar refractivity (Wildman–Crippen MR) is 84.5 cm³/mol. The number of alkyl halides is 3. The van der Waals surface area contributed by atoms with Gasteiger partial charge in [-0.3, -0.25) is 10.2 Å². The molecule has 2 rings (SSSR count). The summed E-state index contributed by atoms with van der Waals surface area (Å²) in [4.78, 5) is 12.2. The van der Waals surface area contributed by atoms with Crippen molar-refractivity contribution in [2.45, 2.75) is 12.6 Å². The molecule has 0 bridgehead atoms. The number of carbonyl (C=O) groups is 1. The number of para-hydroxylation sites is 1. The molecule has 0 amide bonds. The van der Waals surface area contributed by atoms with Gasteiger partial charge in [-0.05, 0) is 12.1 Å². The van der Waals surface area contributed by atoms with Crippen LogP contribution in [-0.2, 0) is 25.4 Å². The maximum absolute atomic E-state index is 13.0. The zero-order valence-corrected chi connectivity index (χ0v) is 13.9. The largest absolute Gasteiger partial charge is 0.492 e. The molecule has 0 spiro atoms. The highest BCUT2D eigenvalue weighted by Crippen LogP contribution is 2.40. The standard InChI is InChI=1S/C14H14F3N3O5S/c15-14(16,17)10-3-1-2-9-6-8(4-5-24-12(9)10)11(21)7-26(22,23)25-20-13(18)19/h1-3,6H,4-5,7H2,(H4,18,19,20). The van der Waals surface area contributed by atoms with E-state index in [1.807, 2.05) is 0 Å². The number of ketones is 1. The summed E-state index contributed by atoms with van der Waals surface area (Å²) in [7, 11) is -4.39. The van der Waals surface area contributed by atoms with Crippen LogP contribution < -0.4 is 16.0 Å². The number of nitrogens with two attached hydrogens (primary N) is 1. The molecule has 0 aromatic heterocycles. The number of halogens is 3. The number of ether oxygens (including phenoxy) is 1. The number of fused-ring (bicyclic) bond motifs is 1. The summed E-state index contributed by atoms with van der Waals surface area (Å²) in [5, 5.41) is 6.81. The molecule has 1 aliphatic rings. The van der Waals surface area contributed by atoms with Crippen LogP contribution in [-0.4, -0.2) is 32.5 Å². The molecule has 1 aliphatic heterocycles. The van der Waals surface area contributed by atoms with Crippen molar-refractivity contribution < 1.29 is 35.4 Å². The lowest BCUT2D eigenvalue weighted by molar-refractivity contribution is -0.139. The predicted octanol–water partition coefficient (Wildman–Crippen LogP) is 1.18. The average molecular weight is 393 g/mol. The molecule has 0 fully saturated rings. The first-order valence-corrected chi connectivity index (χ1v) is 8.65. The van der Waals surface area contributed by atoms with Crippen molar-refractivity contribution in [2.75, 3.05) is 12.4 Å². The lowest BCUT2D eigenvalue weighted by atomic mass is 10.0. The Morgan fingerprint density at radius 1 is 1.38 bits per heavy atom. The van der Waals surface area contributed by atoms with Crippen molar-refractivity contribution in [2.24, 2.45) is 5.73 Å². The Bertz CT molecular complexity index is 865. The molecule has 1 aromatic carbocycles. The van der Waals surface area contributed by atoms with E-state index in [1.54, 1.807) is 5.48 Å². The van der Waals surface area contributed by atoms with Gasteiger partial charge >= 0.3 is 6.18 Å². The minimum absolute atomic E-state index is 0.0147. The number of guanidine groups is 1. The van der Waals surface area contributed by atoms with Gasteiger partial charge in [0.2, 0.25) is 5.96 Å². The van der Waals surface area contributed by atoms with Gasteiger partial charge in [-0.15, -0.1) is 4.28 Å². The van der Waals surface area contributed by atoms with Crippen LogP contribution in [0.2, 0.25) is 0 Å². The van der Waals surface area contributed by atoms with Gasteiger partial charge in [0.25, 0.3) is 10.1 Å². The molecule has 4 N–H and O–H groups in total. The summed E-state index contributed by atoms with van der Waals surface area (Å²) in [5.41, 5.74) is 5.47. The number of carbonyl (C=O) groups excluding carboxylic acids is 1. The summed E-state index contributed by atoms with van der Waals surface area (Å²) >= 11 is 0. The van der Waals surface area contributed by atoms with Crippen LogP contribution in [0.5, 0.6) is 5.75 Å². The number of hydrogen-bond acceptors (Lipinski definition) is 6. The Morgan fingerprint density at radius 2 is 2.08 bits per heavy atom. The fourth-order valence-corrected chi connectivity index (χ4v) is 2.97. The lowest BCUT2D eigenvalue weighted by Gasteiger charge is -2.14. The van der Waals surface area contributed by atoms with E-state index in [-0.39, 0.29) is 24.2 Å². The van der Waals surface area contributed by atoms with Crippen LogP contribution in [0.3, 0.4) is 0 Å². The Labute approximate surface area is 146 Å². The molecular weight excluding hydrogens is 379 g/mol. The molecule has 8 nitrogen and oxygen atoms in total. The van der Waals surface area contributed by atoms with E-state index in [0.29, 0.717) is 0 Å². The minimum atomic E-state index is -4.64. The van der Waals surface area contributed by atoms with Crippen molar-refractivity contribution >= 4 is 27.9 Å². The van der Waals surface area contributed by atoms with Gasteiger partial charge in [-0.25, -0.2) is 5.48 Å². The van der Waals surface area contributed by atoms with E-state index in [0.717, 1.165) is 18.2 Å². The first-order chi connectivity index (χ1) is 12.0. The summed E-state index contributed by atoms with van der Waals surface area (Å²) in [6.45, 7) is -0.232. The molecular formula is C14H14F3N3O5S. The second-order valence-electron chi connectivity index (χ2n) is 5.21. The van der Waals surface area contributed by atoms with E-state index in [4.69, 9.17) is 15.9 Å². The fraction of sp³-hybridized carbons (Fsp3) is 0.286. The van der Waals surface area contributed by atoms with E-state index in [1.165, 1.54) is 6.07 Å². The zero-order valence-electron chi connectivity index (χ0n) is 13.1. The van der Waals surface area contributed by atoms with E-state index >= 15 is 0 Å². The molecule has 0 aliphatic carbocycles. The maximum atomic E-state index is 13.0. The minimum Gasteiger partial charge on any atom is -0.492 e. The van der Waals surface area contributed by atoms with Crippen LogP contribution in [0.4, 0.5) is 13.2 Å². The summed E-state index contributed by atoms with van der Waals surface area (Å²) in [6, 6.07) is 3.34. The molecule has 0 atom stereocenters. The van der Waals surface area contributed by atoms with Crippen LogP contribution in [0.25, 0.3) is 6.08 Å². The molecule has 26 heavy (non-hydrogen) atoms. The average Bonchev–Trinajstić information content (AvgIpc) is 2.73. The lowest BCUT2D eigenvalue weighted by Crippen LogP contribution is -2.34. The van der Waals surface area contributed by atoms with Gasteiger partial charge in [0.05, 0.1) is 12.2 Å². The highest BCUT2D eigenvalue weighted by molar-refractivity contribution is 7.87. The first kappa shape index (κ1) is 19.7. The van der Waals surface area contributed by atoms with Gasteiger partial charge in [-0.2, -0.15) is 21.6 Å². The van der Waals surface area contributed by atoms with Gasteiger partial charge in [-0.1, -0.05) is 12.1 Å². The number of hydrogen-bond donors (Lipinski definition) is 3. The van der Waals surface area contributed by atoms with E-state index < -0.39 is 45.1 Å². The van der Waals surface area contributed by atoms with Crippen molar-refractivity contribution in [3.05, 3.63) is 34.9 Å². The van der Waals surface area contributed by atoms with Crippen LogP contribution in [0.1, 0.15) is 17.5 Å². The van der Waals surface area contributed by atoms with Crippen molar-refractivity contribution in [3.63, 3.8) is 0 Å². The topological polar surface area (TPSA) is 132 Å². The third-order valence-corrected chi connectivity index (χ3v) is 4.20. The Hall–Kier alpha value is -2.60. The number of benzene rings is 1. The third-order valence-electron chi connectivity index (χ3n) is 3.24. The van der Waals surface area contributed by atoms with E-state index in [9.17, 15) is 26.4 Å². The Balaban J connectivity index is 2.27. The quantitative estimate of drug-likeness (QED) is 0.389. The van der Waals surface area contributed by atoms with Crippen LogP contribution in [0.15, 0.2) is 23.8 Å². The van der Waals surface area contributed by atoms with Gasteiger partial charge in [0, 0.05) is 17.6 Å². The molecule has 0 radical (unpaired) electrons. The van der Waals surface area contributed by atoms with Crippen molar-refractivity contribution in [1.82, 2.24) is 5.48 Å². The van der Waals surface area contributed by atoms with Crippen molar-refractivity contribution in [1.29, 1.82) is 5.41 Å². The number of hydroxylamine groups is 1. The van der Waals surface area contributed by atoms with E-state index in [2.05, 4.69) is 4.28 Å². The molecule has 142 valence electrons. The Kier molecular flexibility index (Phi) is 5.56. The maximum Gasteiger partial charge on any atom is 0.419 e. The Morgan fingerprint density at radius 3 is 2.69 bits per heavy atom. The smallest absolute Gasteiger partial charge is 0.419 e. The van der Waals surface area contributed by atoms with Gasteiger partial charge in [0.1, 0.15) is 11.5 Å². The van der Waals surface area contributed by atoms with Crippen LogP contribution in [0, 0.1) is 5.41 Å². The van der Waals surface area contributed by atoms with Gasteiger partial charge in [0.15, 0.2) is 5.78 Å². The second-order valence-corrected chi connectivity index (χ2v) is 6.78. The van der Waals surface area contributed by atoms with Crippen molar-refractivity contribution in [3.8, 4) is 5.75 Å². The SMILES string of the molecule is N=C(N)NOS(=O)(=O)CC(=O)C1=Cc2cccc(C(F)(F)F)c2OCC1. The summed E-state index contributed by atoms with van der Waals surface area (Å²) in [6.07, 6.45) is -3.56.